The average Bonchev–Trinajstić information content (AvgIpc) is 2.60. The van der Waals surface area contributed by atoms with Crippen LogP contribution < -0.4 is 15.4 Å². The Morgan fingerprint density at radius 3 is 2.56 bits per heavy atom. The van der Waals surface area contributed by atoms with Gasteiger partial charge in [0.15, 0.2) is 0 Å². The molecule has 1 heterocycles. The Morgan fingerprint density at radius 2 is 1.85 bits per heavy atom. The van der Waals surface area contributed by atoms with Gasteiger partial charge in [-0.3, -0.25) is 14.6 Å². The van der Waals surface area contributed by atoms with Crippen LogP contribution in [0.15, 0.2) is 42.5 Å². The zero-order chi connectivity index (χ0) is 19.6. The van der Waals surface area contributed by atoms with E-state index in [4.69, 9.17) is 4.74 Å². The molecule has 0 aliphatic carbocycles. The summed E-state index contributed by atoms with van der Waals surface area (Å²) in [6, 6.07) is 10.8. The van der Waals surface area contributed by atoms with Gasteiger partial charge in [-0.15, -0.1) is 0 Å². The number of pyridine rings is 1. The van der Waals surface area contributed by atoms with Gasteiger partial charge >= 0.3 is 0 Å². The second-order valence-corrected chi connectivity index (χ2v) is 6.01. The largest absolute Gasteiger partial charge is 0.495 e. The first-order chi connectivity index (χ1) is 12.9. The summed E-state index contributed by atoms with van der Waals surface area (Å²) in [7, 11) is 1.49. The lowest BCUT2D eigenvalue weighted by Gasteiger charge is -2.13. The van der Waals surface area contributed by atoms with E-state index in [1.165, 1.54) is 26.2 Å². The van der Waals surface area contributed by atoms with E-state index in [0.717, 1.165) is 0 Å². The van der Waals surface area contributed by atoms with Crippen LogP contribution in [0.3, 0.4) is 0 Å². The van der Waals surface area contributed by atoms with Crippen LogP contribution in [0, 0.1) is 12.7 Å². The summed E-state index contributed by atoms with van der Waals surface area (Å²) in [6.45, 7) is 3.08. The molecule has 138 valence electrons. The molecule has 0 bridgehead atoms. The van der Waals surface area contributed by atoms with Crippen LogP contribution >= 0.6 is 0 Å². The molecule has 6 nitrogen and oxygen atoms in total. The monoisotopic (exact) mass is 367 g/mol. The van der Waals surface area contributed by atoms with Gasteiger partial charge in [-0.25, -0.2) is 4.39 Å². The quantitative estimate of drug-likeness (QED) is 0.733. The zero-order valence-corrected chi connectivity index (χ0v) is 15.1. The molecule has 0 fully saturated rings. The molecule has 0 aliphatic rings. The number of nitrogens with one attached hydrogen (secondary N) is 2. The predicted molar refractivity (Wildman–Crippen MR) is 102 cm³/mol. The standard InChI is InChI=1S/C20H18FN3O3/c1-11-16(8-13-4-5-14(21)9-17(13)22-11)20(26)24-15-6-7-19(27-3)18(10-15)23-12(2)25/h4-10H,1-3H3,(H,23,25)(H,24,26). The van der Waals surface area contributed by atoms with Crippen LogP contribution in [0.25, 0.3) is 10.9 Å². The molecule has 3 rings (SSSR count). The van der Waals surface area contributed by atoms with E-state index in [9.17, 15) is 14.0 Å². The summed E-state index contributed by atoms with van der Waals surface area (Å²) in [4.78, 5) is 28.3. The summed E-state index contributed by atoms with van der Waals surface area (Å²) < 4.78 is 18.5. The fraction of sp³-hybridized carbons (Fsp3) is 0.150. The van der Waals surface area contributed by atoms with Crippen molar-refractivity contribution in [1.29, 1.82) is 0 Å². The summed E-state index contributed by atoms with van der Waals surface area (Å²) in [5.74, 6) is -0.507. The van der Waals surface area contributed by atoms with Gasteiger partial charge in [0.1, 0.15) is 11.6 Å². The van der Waals surface area contributed by atoms with Crippen molar-refractivity contribution in [3.05, 3.63) is 59.5 Å². The molecule has 2 N–H and O–H groups in total. The molecule has 0 atom stereocenters. The topological polar surface area (TPSA) is 80.3 Å². The van der Waals surface area contributed by atoms with E-state index in [1.807, 2.05) is 0 Å². The molecule has 2 amide bonds. The van der Waals surface area contributed by atoms with Crippen molar-refractivity contribution in [3.8, 4) is 5.75 Å². The number of carbonyl (C=O) groups excluding carboxylic acids is 2. The molecule has 27 heavy (non-hydrogen) atoms. The fourth-order valence-corrected chi connectivity index (χ4v) is 2.74. The first-order valence-corrected chi connectivity index (χ1v) is 8.21. The molecule has 0 saturated heterocycles. The molecule has 3 aromatic rings. The minimum atomic E-state index is -0.379. The molecule has 0 unspecified atom stereocenters. The smallest absolute Gasteiger partial charge is 0.257 e. The fourth-order valence-electron chi connectivity index (χ4n) is 2.74. The highest BCUT2D eigenvalue weighted by molar-refractivity contribution is 6.07. The number of fused-ring (bicyclic) bond motifs is 1. The number of benzene rings is 2. The number of carbonyl (C=O) groups is 2. The van der Waals surface area contributed by atoms with Gasteiger partial charge in [0, 0.05) is 24.1 Å². The molecular weight excluding hydrogens is 349 g/mol. The molecule has 0 radical (unpaired) electrons. The Bertz CT molecular complexity index is 1050. The molecular formula is C20H18FN3O3. The maximum Gasteiger partial charge on any atom is 0.257 e. The maximum atomic E-state index is 13.3. The number of nitrogens with zero attached hydrogens (tertiary/aromatic N) is 1. The lowest BCUT2D eigenvalue weighted by Crippen LogP contribution is -2.15. The van der Waals surface area contributed by atoms with Crippen LogP contribution in [0.2, 0.25) is 0 Å². The highest BCUT2D eigenvalue weighted by Crippen LogP contribution is 2.28. The average molecular weight is 367 g/mol. The summed E-state index contributed by atoms with van der Waals surface area (Å²) >= 11 is 0. The number of hydrogen-bond acceptors (Lipinski definition) is 4. The Labute approximate surface area is 155 Å². The highest BCUT2D eigenvalue weighted by atomic mass is 19.1. The van der Waals surface area contributed by atoms with E-state index in [0.29, 0.717) is 39.3 Å². The summed E-state index contributed by atoms with van der Waals surface area (Å²) in [5.41, 5.74) is 2.29. The Morgan fingerprint density at radius 1 is 1.07 bits per heavy atom. The van der Waals surface area contributed by atoms with Crippen LogP contribution in [0.5, 0.6) is 5.75 Å². The van der Waals surface area contributed by atoms with Crippen molar-refractivity contribution in [3.63, 3.8) is 0 Å². The lowest BCUT2D eigenvalue weighted by atomic mass is 10.1. The van der Waals surface area contributed by atoms with Gasteiger partial charge < -0.3 is 15.4 Å². The van der Waals surface area contributed by atoms with Crippen LogP contribution in [-0.2, 0) is 4.79 Å². The molecule has 0 aliphatic heterocycles. The van der Waals surface area contributed by atoms with Crippen molar-refractivity contribution < 1.29 is 18.7 Å². The Hall–Kier alpha value is -3.48. The zero-order valence-electron chi connectivity index (χ0n) is 15.1. The third kappa shape index (κ3) is 4.03. The minimum absolute atomic E-state index is 0.251. The molecule has 7 heteroatoms. The number of rotatable bonds is 4. The van der Waals surface area contributed by atoms with E-state index in [1.54, 1.807) is 37.3 Å². The molecule has 0 saturated carbocycles. The van der Waals surface area contributed by atoms with E-state index < -0.39 is 0 Å². The SMILES string of the molecule is COc1ccc(NC(=O)c2cc3ccc(F)cc3nc2C)cc1NC(C)=O. The number of anilines is 2. The molecule has 0 spiro atoms. The third-order valence-corrected chi connectivity index (χ3v) is 3.98. The van der Waals surface area contributed by atoms with Crippen molar-refractivity contribution in [2.45, 2.75) is 13.8 Å². The molecule has 2 aromatic carbocycles. The van der Waals surface area contributed by atoms with Gasteiger partial charge in [0.05, 0.1) is 29.6 Å². The number of aromatic nitrogens is 1. The number of methoxy groups -OCH3 is 1. The normalized spacial score (nSPS) is 10.5. The lowest BCUT2D eigenvalue weighted by molar-refractivity contribution is -0.114. The number of ether oxygens (including phenoxy) is 1. The van der Waals surface area contributed by atoms with Crippen molar-refractivity contribution in [2.24, 2.45) is 0 Å². The van der Waals surface area contributed by atoms with Crippen molar-refractivity contribution in [1.82, 2.24) is 4.98 Å². The van der Waals surface area contributed by atoms with Gasteiger partial charge in [-0.2, -0.15) is 0 Å². The molecule has 1 aromatic heterocycles. The first-order valence-electron chi connectivity index (χ1n) is 8.21. The van der Waals surface area contributed by atoms with Crippen LogP contribution in [0.4, 0.5) is 15.8 Å². The number of aryl methyl sites for hydroxylation is 1. The van der Waals surface area contributed by atoms with Gasteiger partial charge in [-0.1, -0.05) is 0 Å². The predicted octanol–water partition coefficient (Wildman–Crippen LogP) is 3.90. The van der Waals surface area contributed by atoms with Crippen molar-refractivity contribution in [2.75, 3.05) is 17.7 Å². The van der Waals surface area contributed by atoms with Crippen molar-refractivity contribution >= 4 is 34.1 Å². The van der Waals surface area contributed by atoms with E-state index in [-0.39, 0.29) is 17.6 Å². The van der Waals surface area contributed by atoms with E-state index >= 15 is 0 Å². The number of halogens is 1. The van der Waals surface area contributed by atoms with Gasteiger partial charge in [0.2, 0.25) is 5.91 Å². The van der Waals surface area contributed by atoms with Gasteiger partial charge in [0.25, 0.3) is 5.91 Å². The summed E-state index contributed by atoms with van der Waals surface area (Å²) in [5, 5.41) is 6.10. The van der Waals surface area contributed by atoms with Gasteiger partial charge in [-0.05, 0) is 43.3 Å². The Balaban J connectivity index is 1.91. The highest BCUT2D eigenvalue weighted by Gasteiger charge is 2.14. The second kappa shape index (κ2) is 7.41. The Kier molecular flexibility index (Phi) is 5.03. The van der Waals surface area contributed by atoms with Crippen LogP contribution in [0.1, 0.15) is 23.0 Å². The van der Waals surface area contributed by atoms with Crippen LogP contribution in [-0.4, -0.2) is 23.9 Å². The first kappa shape index (κ1) is 18.3. The van der Waals surface area contributed by atoms with E-state index in [2.05, 4.69) is 15.6 Å². The number of hydrogen-bond donors (Lipinski definition) is 2. The summed E-state index contributed by atoms with van der Waals surface area (Å²) in [6.07, 6.45) is 0. The minimum Gasteiger partial charge on any atom is -0.495 e. The number of amides is 2. The second-order valence-electron chi connectivity index (χ2n) is 6.01. The third-order valence-electron chi connectivity index (χ3n) is 3.98. The maximum absolute atomic E-state index is 13.3.